The fraction of sp³-hybridized carbons (Fsp3) is 0.588. The third-order valence-electron chi connectivity index (χ3n) is 4.95. The van der Waals surface area contributed by atoms with Crippen LogP contribution in [-0.2, 0) is 22.4 Å². The van der Waals surface area contributed by atoms with Crippen LogP contribution >= 0.6 is 11.3 Å². The molecular formula is C17H23N3O3S. The lowest BCUT2D eigenvalue weighted by atomic mass is 9.95. The fourth-order valence-corrected chi connectivity index (χ4v) is 4.63. The van der Waals surface area contributed by atoms with Gasteiger partial charge in [0.25, 0.3) is 5.91 Å². The van der Waals surface area contributed by atoms with Crippen LogP contribution in [0.4, 0.5) is 0 Å². The molecule has 130 valence electrons. The van der Waals surface area contributed by atoms with Crippen molar-refractivity contribution in [2.45, 2.75) is 32.6 Å². The van der Waals surface area contributed by atoms with Crippen molar-refractivity contribution in [3.05, 3.63) is 21.4 Å². The van der Waals surface area contributed by atoms with Gasteiger partial charge in [0.15, 0.2) is 0 Å². The van der Waals surface area contributed by atoms with Gasteiger partial charge in [0.1, 0.15) is 0 Å². The van der Waals surface area contributed by atoms with E-state index < -0.39 is 11.8 Å². The van der Waals surface area contributed by atoms with Crippen molar-refractivity contribution >= 4 is 29.1 Å². The summed E-state index contributed by atoms with van der Waals surface area (Å²) in [6.45, 7) is 2.92. The van der Waals surface area contributed by atoms with Crippen molar-refractivity contribution in [3.63, 3.8) is 0 Å². The third kappa shape index (κ3) is 3.31. The number of fused-ring (bicyclic) bond motifs is 1. The minimum absolute atomic E-state index is 0.0361. The molecule has 1 saturated heterocycles. The maximum absolute atomic E-state index is 13.0. The van der Waals surface area contributed by atoms with E-state index in [9.17, 15) is 14.4 Å². The zero-order valence-corrected chi connectivity index (χ0v) is 14.7. The quantitative estimate of drug-likeness (QED) is 0.866. The second-order valence-corrected chi connectivity index (χ2v) is 7.54. The number of carbonyl (C=O) groups is 3. The topological polar surface area (TPSA) is 83.7 Å². The Balaban J connectivity index is 1.82. The lowest BCUT2D eigenvalue weighted by molar-refractivity contribution is -0.130. The van der Waals surface area contributed by atoms with Crippen LogP contribution in [0, 0.1) is 5.92 Å². The molecule has 2 heterocycles. The monoisotopic (exact) mass is 349 g/mol. The summed E-state index contributed by atoms with van der Waals surface area (Å²) in [4.78, 5) is 41.0. The fourth-order valence-electron chi connectivity index (χ4n) is 3.51. The first-order valence-electron chi connectivity index (χ1n) is 8.40. The SMILES string of the molecule is CC(=O)N1CCN(C(=O)c2csc3c2CCCC3)C[C@H](C(N)=O)C1. The summed E-state index contributed by atoms with van der Waals surface area (Å²) in [6.07, 6.45) is 4.30. The number of hydrogen-bond donors (Lipinski definition) is 1. The van der Waals surface area contributed by atoms with Gasteiger partial charge in [-0.05, 0) is 31.2 Å². The van der Waals surface area contributed by atoms with Gasteiger partial charge in [0.05, 0.1) is 11.5 Å². The van der Waals surface area contributed by atoms with Gasteiger partial charge in [-0.2, -0.15) is 0 Å². The van der Waals surface area contributed by atoms with Crippen LogP contribution in [-0.4, -0.2) is 53.7 Å². The standard InChI is InChI=1S/C17H23N3O3S/c1-11(21)19-6-7-20(9-12(8-19)16(18)22)17(23)14-10-24-15-5-3-2-4-13(14)15/h10,12H,2-9H2,1H3,(H2,18,22)/t12-/m1/s1. The van der Waals surface area contributed by atoms with Gasteiger partial charge in [-0.3, -0.25) is 14.4 Å². The van der Waals surface area contributed by atoms with Crippen molar-refractivity contribution < 1.29 is 14.4 Å². The number of thiophene rings is 1. The molecule has 0 saturated carbocycles. The van der Waals surface area contributed by atoms with Crippen LogP contribution in [0.15, 0.2) is 5.38 Å². The van der Waals surface area contributed by atoms with E-state index in [2.05, 4.69) is 0 Å². The smallest absolute Gasteiger partial charge is 0.255 e. The van der Waals surface area contributed by atoms with Crippen molar-refractivity contribution in [1.29, 1.82) is 0 Å². The predicted molar refractivity (Wildman–Crippen MR) is 91.8 cm³/mol. The average molecular weight is 349 g/mol. The van der Waals surface area contributed by atoms with E-state index in [0.29, 0.717) is 13.1 Å². The minimum atomic E-state index is -0.519. The van der Waals surface area contributed by atoms with Gasteiger partial charge < -0.3 is 15.5 Å². The number of nitrogens with zero attached hydrogens (tertiary/aromatic N) is 2. The van der Waals surface area contributed by atoms with Crippen molar-refractivity contribution in [3.8, 4) is 0 Å². The molecule has 24 heavy (non-hydrogen) atoms. The van der Waals surface area contributed by atoms with Crippen LogP contribution in [0.2, 0.25) is 0 Å². The third-order valence-corrected chi connectivity index (χ3v) is 6.04. The van der Waals surface area contributed by atoms with Gasteiger partial charge in [-0.15, -0.1) is 11.3 Å². The van der Waals surface area contributed by atoms with E-state index in [1.54, 1.807) is 21.1 Å². The van der Waals surface area contributed by atoms with Gasteiger partial charge in [0.2, 0.25) is 11.8 Å². The molecule has 2 aliphatic rings. The first-order valence-corrected chi connectivity index (χ1v) is 9.28. The van der Waals surface area contributed by atoms with Crippen LogP contribution in [0.3, 0.4) is 0 Å². The molecule has 1 atom stereocenters. The molecule has 0 aromatic carbocycles. The molecular weight excluding hydrogens is 326 g/mol. The largest absolute Gasteiger partial charge is 0.369 e. The molecule has 3 amide bonds. The highest BCUT2D eigenvalue weighted by Crippen LogP contribution is 2.31. The second kappa shape index (κ2) is 6.93. The molecule has 1 aliphatic heterocycles. The maximum Gasteiger partial charge on any atom is 0.255 e. The second-order valence-electron chi connectivity index (χ2n) is 6.57. The summed E-state index contributed by atoms with van der Waals surface area (Å²) in [5.41, 5.74) is 7.43. The molecule has 2 N–H and O–H groups in total. The lowest BCUT2D eigenvalue weighted by Crippen LogP contribution is -2.41. The van der Waals surface area contributed by atoms with E-state index >= 15 is 0 Å². The van der Waals surface area contributed by atoms with Gasteiger partial charge >= 0.3 is 0 Å². The summed E-state index contributed by atoms with van der Waals surface area (Å²) in [5, 5.41) is 1.95. The molecule has 1 aromatic rings. The van der Waals surface area contributed by atoms with Gasteiger partial charge in [0, 0.05) is 43.4 Å². The van der Waals surface area contributed by atoms with Crippen LogP contribution in [0.5, 0.6) is 0 Å². The summed E-state index contributed by atoms with van der Waals surface area (Å²) in [7, 11) is 0. The normalized spacial score (nSPS) is 21.1. The minimum Gasteiger partial charge on any atom is -0.369 e. The van der Waals surface area contributed by atoms with Crippen molar-refractivity contribution in [2.24, 2.45) is 11.7 Å². The lowest BCUT2D eigenvalue weighted by Gasteiger charge is -2.23. The highest BCUT2D eigenvalue weighted by Gasteiger charge is 2.32. The zero-order valence-electron chi connectivity index (χ0n) is 13.9. The molecule has 0 bridgehead atoms. The Morgan fingerprint density at radius 1 is 1.12 bits per heavy atom. The number of rotatable bonds is 2. The Hall–Kier alpha value is -1.89. The molecule has 1 aliphatic carbocycles. The Morgan fingerprint density at radius 2 is 1.79 bits per heavy atom. The van der Waals surface area contributed by atoms with E-state index in [4.69, 9.17) is 5.73 Å². The Labute approximate surface area is 145 Å². The summed E-state index contributed by atoms with van der Waals surface area (Å²) in [6, 6.07) is 0. The molecule has 0 radical (unpaired) electrons. The summed E-state index contributed by atoms with van der Waals surface area (Å²) in [5.74, 6) is -1.11. The predicted octanol–water partition coefficient (Wildman–Crippen LogP) is 1.03. The Morgan fingerprint density at radius 3 is 2.50 bits per heavy atom. The van der Waals surface area contributed by atoms with Gasteiger partial charge in [-0.25, -0.2) is 0 Å². The van der Waals surface area contributed by atoms with Crippen LogP contribution in [0.25, 0.3) is 0 Å². The summed E-state index contributed by atoms with van der Waals surface area (Å²) >= 11 is 1.66. The number of aryl methyl sites for hydroxylation is 1. The van der Waals surface area contributed by atoms with Crippen molar-refractivity contribution in [2.75, 3.05) is 26.2 Å². The molecule has 0 unspecified atom stereocenters. The number of amides is 3. The number of hydrogen-bond acceptors (Lipinski definition) is 4. The van der Waals surface area contributed by atoms with E-state index in [1.165, 1.54) is 23.8 Å². The Kier molecular flexibility index (Phi) is 4.89. The first kappa shape index (κ1) is 17.0. The van der Waals surface area contributed by atoms with E-state index in [1.807, 2.05) is 5.38 Å². The number of carbonyl (C=O) groups excluding carboxylic acids is 3. The molecule has 1 aromatic heterocycles. The molecule has 6 nitrogen and oxygen atoms in total. The molecule has 1 fully saturated rings. The molecule has 7 heteroatoms. The number of nitrogens with two attached hydrogens (primary N) is 1. The molecule has 0 spiro atoms. The first-order chi connectivity index (χ1) is 11.5. The summed E-state index contributed by atoms with van der Waals surface area (Å²) < 4.78 is 0. The number of primary amides is 1. The Bertz CT molecular complexity index is 670. The van der Waals surface area contributed by atoms with Crippen LogP contribution in [0.1, 0.15) is 40.6 Å². The van der Waals surface area contributed by atoms with E-state index in [-0.39, 0.29) is 24.9 Å². The van der Waals surface area contributed by atoms with Crippen LogP contribution < -0.4 is 5.73 Å². The maximum atomic E-state index is 13.0. The highest BCUT2D eigenvalue weighted by molar-refractivity contribution is 7.10. The van der Waals surface area contributed by atoms with Gasteiger partial charge in [-0.1, -0.05) is 0 Å². The van der Waals surface area contributed by atoms with Crippen molar-refractivity contribution in [1.82, 2.24) is 9.80 Å². The molecule has 3 rings (SSSR count). The zero-order chi connectivity index (χ0) is 17.3. The highest BCUT2D eigenvalue weighted by atomic mass is 32.1. The average Bonchev–Trinajstić information content (AvgIpc) is 2.84. The van der Waals surface area contributed by atoms with E-state index in [0.717, 1.165) is 24.8 Å².